The van der Waals surface area contributed by atoms with Crippen molar-refractivity contribution in [2.45, 2.75) is 77.9 Å². The van der Waals surface area contributed by atoms with E-state index in [0.29, 0.717) is 6.10 Å². The summed E-state index contributed by atoms with van der Waals surface area (Å²) in [5.74, 6) is 0.851. The first-order valence-electron chi connectivity index (χ1n) is 7.46. The fourth-order valence-electron chi connectivity index (χ4n) is 2.61. The predicted molar refractivity (Wildman–Crippen MR) is 74.4 cm³/mol. The van der Waals surface area contributed by atoms with Crippen molar-refractivity contribution >= 4 is 0 Å². The molecule has 0 aromatic heterocycles. The molecule has 1 saturated heterocycles. The Balaban J connectivity index is 2.10. The standard InChI is InChI=1S/C15H31NO/c1-5-7-8-13(6-2)11-16-12-14-9-10-15(3,4)17-14/h13-14,16H,5-12H2,1-4H3. The Kier molecular flexibility index (Phi) is 6.50. The summed E-state index contributed by atoms with van der Waals surface area (Å²) in [5.41, 5.74) is 0.110. The zero-order chi connectivity index (χ0) is 12.7. The van der Waals surface area contributed by atoms with Crippen molar-refractivity contribution in [1.29, 1.82) is 0 Å². The summed E-state index contributed by atoms with van der Waals surface area (Å²) in [6, 6.07) is 0. The van der Waals surface area contributed by atoms with Gasteiger partial charge in [0.15, 0.2) is 0 Å². The van der Waals surface area contributed by atoms with E-state index in [-0.39, 0.29) is 5.60 Å². The highest BCUT2D eigenvalue weighted by Crippen LogP contribution is 2.28. The van der Waals surface area contributed by atoms with Crippen LogP contribution in [0.3, 0.4) is 0 Å². The molecule has 2 heteroatoms. The SMILES string of the molecule is CCCCC(CC)CNCC1CCC(C)(C)O1. The minimum atomic E-state index is 0.110. The summed E-state index contributed by atoms with van der Waals surface area (Å²) in [7, 11) is 0. The minimum Gasteiger partial charge on any atom is -0.371 e. The van der Waals surface area contributed by atoms with E-state index in [1.54, 1.807) is 0 Å². The van der Waals surface area contributed by atoms with Crippen molar-refractivity contribution < 1.29 is 4.74 Å². The summed E-state index contributed by atoms with van der Waals surface area (Å²) in [6.45, 7) is 11.2. The largest absolute Gasteiger partial charge is 0.371 e. The van der Waals surface area contributed by atoms with Crippen LogP contribution in [0.15, 0.2) is 0 Å². The van der Waals surface area contributed by atoms with Gasteiger partial charge in [-0.3, -0.25) is 0 Å². The number of nitrogens with one attached hydrogen (secondary N) is 1. The Labute approximate surface area is 108 Å². The topological polar surface area (TPSA) is 21.3 Å². The van der Waals surface area contributed by atoms with Crippen LogP contribution in [0.1, 0.15) is 66.2 Å². The molecule has 1 aliphatic rings. The van der Waals surface area contributed by atoms with Gasteiger partial charge in [-0.05, 0) is 45.6 Å². The van der Waals surface area contributed by atoms with E-state index in [1.165, 1.54) is 38.5 Å². The van der Waals surface area contributed by atoms with Gasteiger partial charge in [-0.15, -0.1) is 0 Å². The van der Waals surface area contributed by atoms with E-state index in [4.69, 9.17) is 4.74 Å². The molecule has 0 aromatic carbocycles. The number of hydrogen-bond acceptors (Lipinski definition) is 2. The predicted octanol–water partition coefficient (Wildman–Crippen LogP) is 3.75. The van der Waals surface area contributed by atoms with Crippen molar-refractivity contribution in [2.24, 2.45) is 5.92 Å². The lowest BCUT2D eigenvalue weighted by Gasteiger charge is -2.21. The molecule has 1 fully saturated rings. The van der Waals surface area contributed by atoms with Gasteiger partial charge in [0.25, 0.3) is 0 Å². The fraction of sp³-hybridized carbons (Fsp3) is 1.00. The molecule has 2 nitrogen and oxygen atoms in total. The van der Waals surface area contributed by atoms with Crippen molar-refractivity contribution in [1.82, 2.24) is 5.32 Å². The number of hydrogen-bond donors (Lipinski definition) is 1. The summed E-state index contributed by atoms with van der Waals surface area (Å²) in [4.78, 5) is 0. The zero-order valence-corrected chi connectivity index (χ0v) is 12.2. The fourth-order valence-corrected chi connectivity index (χ4v) is 2.61. The first-order valence-corrected chi connectivity index (χ1v) is 7.46. The minimum absolute atomic E-state index is 0.110. The van der Waals surface area contributed by atoms with Crippen LogP contribution < -0.4 is 5.32 Å². The van der Waals surface area contributed by atoms with Crippen LogP contribution in [0.25, 0.3) is 0 Å². The quantitative estimate of drug-likeness (QED) is 0.699. The van der Waals surface area contributed by atoms with Gasteiger partial charge in [-0.1, -0.05) is 33.1 Å². The van der Waals surface area contributed by atoms with Crippen LogP contribution in [0, 0.1) is 5.92 Å². The maximum Gasteiger partial charge on any atom is 0.0707 e. The van der Waals surface area contributed by atoms with Gasteiger partial charge in [-0.2, -0.15) is 0 Å². The Morgan fingerprint density at radius 1 is 1.35 bits per heavy atom. The van der Waals surface area contributed by atoms with Crippen molar-refractivity contribution in [2.75, 3.05) is 13.1 Å². The molecule has 17 heavy (non-hydrogen) atoms. The van der Waals surface area contributed by atoms with Crippen LogP contribution in [-0.4, -0.2) is 24.8 Å². The van der Waals surface area contributed by atoms with E-state index in [2.05, 4.69) is 33.0 Å². The maximum atomic E-state index is 5.98. The van der Waals surface area contributed by atoms with Crippen LogP contribution in [0.2, 0.25) is 0 Å². The Morgan fingerprint density at radius 3 is 2.65 bits per heavy atom. The van der Waals surface area contributed by atoms with Gasteiger partial charge in [-0.25, -0.2) is 0 Å². The molecule has 0 radical (unpaired) electrons. The summed E-state index contributed by atoms with van der Waals surface area (Å²) < 4.78 is 5.98. The van der Waals surface area contributed by atoms with E-state index in [1.807, 2.05) is 0 Å². The lowest BCUT2D eigenvalue weighted by atomic mass is 9.99. The van der Waals surface area contributed by atoms with Crippen LogP contribution in [-0.2, 0) is 4.74 Å². The lowest BCUT2D eigenvalue weighted by molar-refractivity contribution is -0.0144. The van der Waals surface area contributed by atoms with Gasteiger partial charge < -0.3 is 10.1 Å². The maximum absolute atomic E-state index is 5.98. The molecule has 0 saturated carbocycles. The van der Waals surface area contributed by atoms with E-state index in [0.717, 1.165) is 19.0 Å². The van der Waals surface area contributed by atoms with Crippen molar-refractivity contribution in [3.63, 3.8) is 0 Å². The van der Waals surface area contributed by atoms with Gasteiger partial charge in [0.2, 0.25) is 0 Å². The molecule has 0 amide bonds. The molecule has 102 valence electrons. The van der Waals surface area contributed by atoms with Gasteiger partial charge in [0, 0.05) is 6.54 Å². The van der Waals surface area contributed by atoms with Crippen LogP contribution >= 0.6 is 0 Å². The Morgan fingerprint density at radius 2 is 2.12 bits per heavy atom. The molecule has 0 aromatic rings. The number of ether oxygens (including phenoxy) is 1. The Bertz CT molecular complexity index is 203. The molecule has 1 rings (SSSR count). The summed E-state index contributed by atoms with van der Waals surface area (Å²) in [5, 5.41) is 3.60. The van der Waals surface area contributed by atoms with E-state index >= 15 is 0 Å². The van der Waals surface area contributed by atoms with E-state index in [9.17, 15) is 0 Å². The number of unbranched alkanes of at least 4 members (excludes halogenated alkanes) is 1. The van der Waals surface area contributed by atoms with Crippen LogP contribution in [0.4, 0.5) is 0 Å². The molecule has 2 unspecified atom stereocenters. The van der Waals surface area contributed by atoms with Crippen molar-refractivity contribution in [3.05, 3.63) is 0 Å². The highest BCUT2D eigenvalue weighted by Gasteiger charge is 2.31. The lowest BCUT2D eigenvalue weighted by Crippen LogP contribution is -2.32. The zero-order valence-electron chi connectivity index (χ0n) is 12.2. The molecule has 0 aliphatic carbocycles. The third kappa shape index (κ3) is 5.87. The highest BCUT2D eigenvalue weighted by molar-refractivity contribution is 4.82. The normalized spacial score (nSPS) is 25.1. The second-order valence-corrected chi connectivity index (χ2v) is 6.11. The third-order valence-electron chi connectivity index (χ3n) is 3.90. The average molecular weight is 241 g/mol. The molecule has 2 atom stereocenters. The monoisotopic (exact) mass is 241 g/mol. The average Bonchev–Trinajstić information content (AvgIpc) is 2.63. The van der Waals surface area contributed by atoms with Gasteiger partial charge in [0.05, 0.1) is 11.7 Å². The Hall–Kier alpha value is -0.0800. The molecule has 0 bridgehead atoms. The summed E-state index contributed by atoms with van der Waals surface area (Å²) in [6.07, 6.45) is 8.21. The molecular weight excluding hydrogens is 210 g/mol. The first kappa shape index (κ1) is 15.0. The first-order chi connectivity index (χ1) is 8.07. The highest BCUT2D eigenvalue weighted by atomic mass is 16.5. The molecular formula is C15H31NO. The molecule has 0 spiro atoms. The van der Waals surface area contributed by atoms with Crippen LogP contribution in [0.5, 0.6) is 0 Å². The molecule has 1 aliphatic heterocycles. The molecule has 1 heterocycles. The van der Waals surface area contributed by atoms with E-state index < -0.39 is 0 Å². The second kappa shape index (κ2) is 7.38. The van der Waals surface area contributed by atoms with Gasteiger partial charge >= 0.3 is 0 Å². The van der Waals surface area contributed by atoms with Crippen molar-refractivity contribution in [3.8, 4) is 0 Å². The second-order valence-electron chi connectivity index (χ2n) is 6.11. The van der Waals surface area contributed by atoms with Gasteiger partial charge in [0.1, 0.15) is 0 Å². The number of rotatable bonds is 8. The smallest absolute Gasteiger partial charge is 0.0707 e. The third-order valence-corrected chi connectivity index (χ3v) is 3.90. The summed E-state index contributed by atoms with van der Waals surface area (Å²) >= 11 is 0. The molecule has 1 N–H and O–H groups in total.